The van der Waals surface area contributed by atoms with E-state index >= 15 is 0 Å². The van der Waals surface area contributed by atoms with Gasteiger partial charge in [0.2, 0.25) is 0 Å². The fourth-order valence-electron chi connectivity index (χ4n) is 4.95. The first-order valence-corrected chi connectivity index (χ1v) is 9.79. The SMILES string of the molecule is Cc1cc2ccccc2c2c1C[N+](C)(C)Cc1c(C)cc3ccccc3c1-2. The second-order valence-corrected chi connectivity index (χ2v) is 8.79. The summed E-state index contributed by atoms with van der Waals surface area (Å²) in [5, 5.41) is 5.46. The van der Waals surface area contributed by atoms with Crippen LogP contribution in [0.4, 0.5) is 0 Å². The molecule has 1 aliphatic rings. The van der Waals surface area contributed by atoms with Crippen LogP contribution in [0.1, 0.15) is 22.3 Å². The van der Waals surface area contributed by atoms with Gasteiger partial charge < -0.3 is 4.48 Å². The lowest BCUT2D eigenvalue weighted by Gasteiger charge is -2.29. The number of benzene rings is 4. The first-order valence-electron chi connectivity index (χ1n) is 9.79. The van der Waals surface area contributed by atoms with Crippen molar-refractivity contribution in [2.75, 3.05) is 14.1 Å². The lowest BCUT2D eigenvalue weighted by molar-refractivity contribution is -0.916. The number of nitrogens with zero attached hydrogens (tertiary/aromatic N) is 1. The summed E-state index contributed by atoms with van der Waals surface area (Å²) < 4.78 is 0.984. The number of aryl methyl sites for hydroxylation is 2. The van der Waals surface area contributed by atoms with E-state index in [0.29, 0.717) is 0 Å². The first-order chi connectivity index (χ1) is 12.9. The van der Waals surface area contributed by atoms with Gasteiger partial charge in [0.15, 0.2) is 0 Å². The Balaban J connectivity index is 2.06. The molecule has 1 heteroatoms. The predicted molar refractivity (Wildman–Crippen MR) is 116 cm³/mol. The molecule has 0 amide bonds. The highest BCUT2D eigenvalue weighted by molar-refractivity contribution is 6.08. The summed E-state index contributed by atoms with van der Waals surface area (Å²) in [7, 11) is 4.73. The van der Waals surface area contributed by atoms with E-state index < -0.39 is 0 Å². The zero-order valence-electron chi connectivity index (χ0n) is 16.6. The summed E-state index contributed by atoms with van der Waals surface area (Å²) in [6, 6.07) is 22.5. The molecule has 0 aromatic heterocycles. The van der Waals surface area contributed by atoms with Gasteiger partial charge in [-0.3, -0.25) is 0 Å². The second kappa shape index (κ2) is 5.68. The lowest BCUT2D eigenvalue weighted by atomic mass is 9.85. The van der Waals surface area contributed by atoms with E-state index in [-0.39, 0.29) is 0 Å². The van der Waals surface area contributed by atoms with Gasteiger partial charge in [0.25, 0.3) is 0 Å². The van der Waals surface area contributed by atoms with Gasteiger partial charge in [0.05, 0.1) is 14.1 Å². The molecule has 27 heavy (non-hydrogen) atoms. The van der Waals surface area contributed by atoms with Crippen LogP contribution in [0.15, 0.2) is 60.7 Å². The quantitative estimate of drug-likeness (QED) is 0.323. The van der Waals surface area contributed by atoms with Crippen LogP contribution in [0, 0.1) is 13.8 Å². The fourth-order valence-corrected chi connectivity index (χ4v) is 4.95. The average Bonchev–Trinajstić information content (AvgIpc) is 2.76. The zero-order valence-corrected chi connectivity index (χ0v) is 16.6. The maximum atomic E-state index is 2.37. The lowest BCUT2D eigenvalue weighted by Crippen LogP contribution is -2.37. The minimum atomic E-state index is 0.984. The molecule has 4 aromatic rings. The van der Waals surface area contributed by atoms with E-state index in [1.165, 1.54) is 54.9 Å². The van der Waals surface area contributed by atoms with Crippen LogP contribution in [-0.2, 0) is 13.1 Å². The van der Waals surface area contributed by atoms with Crippen LogP contribution < -0.4 is 0 Å². The topological polar surface area (TPSA) is 0 Å². The highest BCUT2D eigenvalue weighted by Crippen LogP contribution is 2.45. The molecule has 0 aliphatic carbocycles. The molecule has 0 radical (unpaired) electrons. The minimum absolute atomic E-state index is 0.984. The van der Waals surface area contributed by atoms with Crippen molar-refractivity contribution < 1.29 is 4.48 Å². The summed E-state index contributed by atoms with van der Waals surface area (Å²) in [6.45, 7) is 6.70. The molecule has 0 bridgehead atoms. The molecule has 134 valence electrons. The highest BCUT2D eigenvalue weighted by atomic mass is 15.3. The van der Waals surface area contributed by atoms with Crippen molar-refractivity contribution in [2.45, 2.75) is 26.9 Å². The Hall–Kier alpha value is -2.64. The first kappa shape index (κ1) is 16.5. The smallest absolute Gasteiger partial charge is 0.105 e. The third-order valence-corrected chi connectivity index (χ3v) is 6.18. The number of hydrogen-bond donors (Lipinski definition) is 0. The minimum Gasteiger partial charge on any atom is -0.321 e. The van der Waals surface area contributed by atoms with Crippen molar-refractivity contribution in [1.82, 2.24) is 0 Å². The van der Waals surface area contributed by atoms with Crippen LogP contribution >= 0.6 is 0 Å². The molecular formula is C26H26N+. The van der Waals surface area contributed by atoms with Gasteiger partial charge in [-0.15, -0.1) is 0 Å². The molecule has 0 N–H and O–H groups in total. The zero-order chi connectivity index (χ0) is 18.8. The standard InChI is InChI=1S/C26H26N/c1-17-13-19-9-5-7-11-21(19)25-23(17)15-27(3,4)16-24-18(2)14-20-10-6-8-12-22(20)26(24)25/h5-14H,15-16H2,1-4H3/q+1. The molecule has 0 unspecified atom stereocenters. The van der Waals surface area contributed by atoms with Crippen molar-refractivity contribution in [3.8, 4) is 11.1 Å². The molecule has 0 spiro atoms. The third kappa shape index (κ3) is 2.49. The van der Waals surface area contributed by atoms with Crippen LogP contribution in [0.5, 0.6) is 0 Å². The predicted octanol–water partition coefficient (Wildman–Crippen LogP) is 6.37. The molecular weight excluding hydrogens is 326 g/mol. The van der Waals surface area contributed by atoms with Crippen molar-refractivity contribution in [2.24, 2.45) is 0 Å². The largest absolute Gasteiger partial charge is 0.321 e. The maximum Gasteiger partial charge on any atom is 0.105 e. The Morgan fingerprint density at radius 2 is 1.04 bits per heavy atom. The third-order valence-electron chi connectivity index (χ3n) is 6.18. The molecule has 0 atom stereocenters. The molecule has 1 heterocycles. The second-order valence-electron chi connectivity index (χ2n) is 8.79. The highest BCUT2D eigenvalue weighted by Gasteiger charge is 2.30. The molecule has 0 saturated carbocycles. The van der Waals surface area contributed by atoms with Crippen molar-refractivity contribution in [3.63, 3.8) is 0 Å². The molecule has 1 aliphatic heterocycles. The van der Waals surface area contributed by atoms with E-state index in [1.54, 1.807) is 0 Å². The van der Waals surface area contributed by atoms with Gasteiger partial charge in [0, 0.05) is 11.1 Å². The number of rotatable bonds is 0. The van der Waals surface area contributed by atoms with Crippen LogP contribution in [-0.4, -0.2) is 18.6 Å². The van der Waals surface area contributed by atoms with Gasteiger partial charge >= 0.3 is 0 Å². The summed E-state index contributed by atoms with van der Waals surface area (Å²) in [4.78, 5) is 0. The summed E-state index contributed by atoms with van der Waals surface area (Å²) in [5.74, 6) is 0. The fraction of sp³-hybridized carbons (Fsp3) is 0.231. The van der Waals surface area contributed by atoms with E-state index in [2.05, 4.69) is 88.6 Å². The molecule has 0 saturated heterocycles. The van der Waals surface area contributed by atoms with Gasteiger partial charge in [-0.25, -0.2) is 0 Å². The van der Waals surface area contributed by atoms with Gasteiger partial charge in [-0.05, 0) is 57.6 Å². The van der Waals surface area contributed by atoms with Crippen LogP contribution in [0.25, 0.3) is 32.7 Å². The molecule has 4 aromatic carbocycles. The Labute approximate surface area is 161 Å². The monoisotopic (exact) mass is 352 g/mol. The van der Waals surface area contributed by atoms with Gasteiger partial charge in [-0.1, -0.05) is 60.7 Å². The van der Waals surface area contributed by atoms with E-state index in [0.717, 1.165) is 17.6 Å². The Morgan fingerprint density at radius 1 is 0.630 bits per heavy atom. The maximum absolute atomic E-state index is 2.37. The van der Waals surface area contributed by atoms with Crippen LogP contribution in [0.3, 0.4) is 0 Å². The van der Waals surface area contributed by atoms with Crippen molar-refractivity contribution in [3.05, 3.63) is 82.9 Å². The molecule has 5 rings (SSSR count). The summed E-state index contributed by atoms with van der Waals surface area (Å²) in [6.07, 6.45) is 0. The summed E-state index contributed by atoms with van der Waals surface area (Å²) in [5.41, 5.74) is 8.76. The van der Waals surface area contributed by atoms with Gasteiger partial charge in [-0.2, -0.15) is 0 Å². The normalized spacial score (nSPS) is 15.4. The molecule has 1 nitrogen and oxygen atoms in total. The van der Waals surface area contributed by atoms with E-state index in [1.807, 2.05) is 0 Å². The number of hydrogen-bond acceptors (Lipinski definition) is 0. The van der Waals surface area contributed by atoms with E-state index in [9.17, 15) is 0 Å². The molecule has 0 fully saturated rings. The Morgan fingerprint density at radius 3 is 1.48 bits per heavy atom. The van der Waals surface area contributed by atoms with Gasteiger partial charge in [0.1, 0.15) is 13.1 Å². The Bertz CT molecular complexity index is 1120. The summed E-state index contributed by atoms with van der Waals surface area (Å²) >= 11 is 0. The van der Waals surface area contributed by atoms with Crippen molar-refractivity contribution in [1.29, 1.82) is 0 Å². The Kier molecular flexibility index (Phi) is 3.47. The van der Waals surface area contributed by atoms with E-state index in [4.69, 9.17) is 0 Å². The van der Waals surface area contributed by atoms with Crippen LogP contribution in [0.2, 0.25) is 0 Å². The average molecular weight is 353 g/mol. The van der Waals surface area contributed by atoms with Crippen molar-refractivity contribution >= 4 is 21.5 Å². The number of fused-ring (bicyclic) bond motifs is 7. The number of quaternary nitrogens is 1.